The zero-order chi connectivity index (χ0) is 24.3. The maximum Gasteiger partial charge on any atom is 0.211 e. The van der Waals surface area contributed by atoms with Crippen molar-refractivity contribution in [3.63, 3.8) is 0 Å². The zero-order valence-electron chi connectivity index (χ0n) is 20.2. The number of rotatable bonds is 11. The number of fused-ring (bicyclic) bond motifs is 2. The number of nitrogens with zero attached hydrogens (tertiary/aromatic N) is 6. The average molecular weight is 488 g/mol. The van der Waals surface area contributed by atoms with Gasteiger partial charge in [0.15, 0.2) is 5.65 Å². The van der Waals surface area contributed by atoms with Crippen LogP contribution in [-0.2, 0) is 16.6 Å². The Morgan fingerprint density at radius 1 is 1.18 bits per heavy atom. The summed E-state index contributed by atoms with van der Waals surface area (Å²) in [5.74, 6) is 0.864. The smallest absolute Gasteiger partial charge is 0.211 e. The van der Waals surface area contributed by atoms with Gasteiger partial charge in [0.1, 0.15) is 11.9 Å². The molecule has 0 saturated heterocycles. The van der Waals surface area contributed by atoms with E-state index in [1.54, 1.807) is 11.6 Å². The first-order chi connectivity index (χ1) is 16.3. The molecule has 1 atom stereocenters. The minimum atomic E-state index is -3.34. The van der Waals surface area contributed by atoms with Gasteiger partial charge in [-0.25, -0.2) is 13.1 Å². The van der Waals surface area contributed by atoms with Crippen LogP contribution in [0.5, 0.6) is 5.75 Å². The van der Waals surface area contributed by atoms with Gasteiger partial charge in [-0.1, -0.05) is 19.1 Å². The SMILES string of the molecule is CCCN1c2cc3nnnn3c(C)c2N(C)C1CCCCS(=O)(=O)NCc1ccc(OC)cc1. The maximum absolute atomic E-state index is 12.5. The topological polar surface area (TPSA) is 105 Å². The molecule has 184 valence electrons. The van der Waals surface area contributed by atoms with E-state index < -0.39 is 10.0 Å². The molecule has 11 heteroatoms. The number of hydrogen-bond donors (Lipinski definition) is 1. The number of aryl methyl sites for hydroxylation is 1. The summed E-state index contributed by atoms with van der Waals surface area (Å²) >= 11 is 0. The van der Waals surface area contributed by atoms with Crippen LogP contribution in [0.3, 0.4) is 0 Å². The van der Waals surface area contributed by atoms with E-state index in [1.165, 1.54) is 0 Å². The largest absolute Gasteiger partial charge is 0.497 e. The van der Waals surface area contributed by atoms with E-state index in [1.807, 2.05) is 37.3 Å². The van der Waals surface area contributed by atoms with Crippen LogP contribution < -0.4 is 19.3 Å². The number of benzene rings is 1. The Bertz CT molecular complexity index is 1230. The van der Waals surface area contributed by atoms with E-state index in [2.05, 4.69) is 44.0 Å². The first-order valence-corrected chi connectivity index (χ1v) is 13.3. The Balaban J connectivity index is 1.34. The Morgan fingerprint density at radius 2 is 1.94 bits per heavy atom. The molecular weight excluding hydrogens is 454 g/mol. The number of hydrogen-bond acceptors (Lipinski definition) is 8. The van der Waals surface area contributed by atoms with Crippen molar-refractivity contribution in [2.24, 2.45) is 0 Å². The van der Waals surface area contributed by atoms with Gasteiger partial charge < -0.3 is 14.5 Å². The summed E-state index contributed by atoms with van der Waals surface area (Å²) < 4.78 is 34.6. The molecule has 0 amide bonds. The summed E-state index contributed by atoms with van der Waals surface area (Å²) in [6.45, 7) is 5.40. The van der Waals surface area contributed by atoms with Crippen molar-refractivity contribution in [1.29, 1.82) is 0 Å². The van der Waals surface area contributed by atoms with Gasteiger partial charge in [-0.15, -0.1) is 5.10 Å². The lowest BCUT2D eigenvalue weighted by atomic mass is 10.2. The third-order valence-corrected chi connectivity index (χ3v) is 7.79. The molecule has 0 bridgehead atoms. The van der Waals surface area contributed by atoms with Crippen LogP contribution in [0, 0.1) is 6.92 Å². The van der Waals surface area contributed by atoms with Crippen molar-refractivity contribution in [3.8, 4) is 5.75 Å². The van der Waals surface area contributed by atoms with Gasteiger partial charge >= 0.3 is 0 Å². The highest BCUT2D eigenvalue weighted by Crippen LogP contribution is 2.42. The van der Waals surface area contributed by atoms with Crippen LogP contribution in [0.4, 0.5) is 11.4 Å². The highest BCUT2D eigenvalue weighted by atomic mass is 32.2. The van der Waals surface area contributed by atoms with Gasteiger partial charge in [-0.2, -0.15) is 4.52 Å². The number of nitrogens with one attached hydrogen (secondary N) is 1. The number of tetrazole rings is 1. The molecule has 10 nitrogen and oxygen atoms in total. The predicted molar refractivity (Wildman–Crippen MR) is 133 cm³/mol. The van der Waals surface area contributed by atoms with E-state index >= 15 is 0 Å². The molecule has 2 aromatic heterocycles. The second-order valence-electron chi connectivity index (χ2n) is 8.68. The molecule has 0 radical (unpaired) electrons. The molecule has 1 unspecified atom stereocenters. The molecule has 3 aromatic rings. The fourth-order valence-corrected chi connectivity index (χ4v) is 5.78. The third-order valence-electron chi connectivity index (χ3n) is 6.38. The summed E-state index contributed by atoms with van der Waals surface area (Å²) in [6.07, 6.45) is 3.47. The molecule has 0 aliphatic carbocycles. The molecule has 4 rings (SSSR count). The Morgan fingerprint density at radius 3 is 2.65 bits per heavy atom. The van der Waals surface area contributed by atoms with Gasteiger partial charge in [0, 0.05) is 26.2 Å². The Hall–Kier alpha value is -2.92. The molecule has 3 heterocycles. The van der Waals surface area contributed by atoms with Crippen LogP contribution in [0.2, 0.25) is 0 Å². The van der Waals surface area contributed by atoms with Gasteiger partial charge in [0.25, 0.3) is 0 Å². The van der Waals surface area contributed by atoms with Gasteiger partial charge in [-0.05, 0) is 60.7 Å². The lowest BCUT2D eigenvalue weighted by molar-refractivity contribution is 0.414. The molecule has 1 N–H and O–H groups in total. The number of ether oxygens (including phenoxy) is 1. The lowest BCUT2D eigenvalue weighted by Gasteiger charge is -2.31. The highest BCUT2D eigenvalue weighted by molar-refractivity contribution is 7.89. The highest BCUT2D eigenvalue weighted by Gasteiger charge is 2.35. The Kier molecular flexibility index (Phi) is 7.22. The van der Waals surface area contributed by atoms with Crippen molar-refractivity contribution >= 4 is 27.0 Å². The average Bonchev–Trinajstić information content (AvgIpc) is 3.40. The minimum absolute atomic E-state index is 0.114. The van der Waals surface area contributed by atoms with Crippen molar-refractivity contribution in [1.82, 2.24) is 24.8 Å². The predicted octanol–water partition coefficient (Wildman–Crippen LogP) is 2.72. The van der Waals surface area contributed by atoms with Crippen molar-refractivity contribution in [2.75, 3.05) is 36.3 Å². The molecule has 1 aliphatic heterocycles. The number of aromatic nitrogens is 4. The molecule has 0 spiro atoms. The van der Waals surface area contributed by atoms with E-state index in [4.69, 9.17) is 4.74 Å². The second kappa shape index (κ2) is 10.1. The second-order valence-corrected chi connectivity index (χ2v) is 10.6. The van der Waals surface area contributed by atoms with Crippen LogP contribution in [0.1, 0.15) is 43.9 Å². The summed E-state index contributed by atoms with van der Waals surface area (Å²) in [5, 5.41) is 12.0. The normalized spacial score (nSPS) is 15.8. The molecule has 0 saturated carbocycles. The number of anilines is 2. The third kappa shape index (κ3) is 4.95. The van der Waals surface area contributed by atoms with E-state index in [-0.39, 0.29) is 18.5 Å². The number of unbranched alkanes of at least 4 members (excludes halogenated alkanes) is 1. The monoisotopic (exact) mass is 487 g/mol. The van der Waals surface area contributed by atoms with Crippen LogP contribution in [0.15, 0.2) is 30.3 Å². The first kappa shape index (κ1) is 24.2. The van der Waals surface area contributed by atoms with E-state index in [9.17, 15) is 8.42 Å². The van der Waals surface area contributed by atoms with Crippen molar-refractivity contribution < 1.29 is 13.2 Å². The molecule has 1 aromatic carbocycles. The van der Waals surface area contributed by atoms with Crippen molar-refractivity contribution in [2.45, 2.75) is 52.2 Å². The van der Waals surface area contributed by atoms with Crippen LogP contribution in [0.25, 0.3) is 5.65 Å². The summed E-state index contributed by atoms with van der Waals surface area (Å²) in [5.41, 5.74) is 4.92. The standard InChI is InChI=1S/C23H33N7O3S/c1-5-13-29-20-15-21-25-26-27-30(21)17(2)23(20)28(3)22(29)8-6-7-14-34(31,32)24-16-18-9-11-19(33-4)12-10-18/h9-12,15,22,24H,5-8,13-14,16H2,1-4H3. The first-order valence-electron chi connectivity index (χ1n) is 11.7. The fourth-order valence-electron chi connectivity index (χ4n) is 4.66. The lowest BCUT2D eigenvalue weighted by Crippen LogP contribution is -2.41. The number of pyridine rings is 1. The zero-order valence-corrected chi connectivity index (χ0v) is 21.0. The van der Waals surface area contributed by atoms with Crippen LogP contribution in [-0.4, -0.2) is 61.1 Å². The maximum atomic E-state index is 12.5. The number of methoxy groups -OCH3 is 1. The number of sulfonamides is 1. The minimum Gasteiger partial charge on any atom is -0.497 e. The van der Waals surface area contributed by atoms with E-state index in [0.717, 1.165) is 59.8 Å². The van der Waals surface area contributed by atoms with Crippen molar-refractivity contribution in [3.05, 3.63) is 41.6 Å². The summed E-state index contributed by atoms with van der Waals surface area (Å²) in [6, 6.07) is 9.42. The van der Waals surface area contributed by atoms with Gasteiger partial charge in [-0.3, -0.25) is 0 Å². The Labute approximate surface area is 200 Å². The molecular formula is C23H33N7O3S. The molecule has 1 aliphatic rings. The van der Waals surface area contributed by atoms with Gasteiger partial charge in [0.2, 0.25) is 10.0 Å². The summed E-state index contributed by atoms with van der Waals surface area (Å²) in [4.78, 5) is 4.67. The van der Waals surface area contributed by atoms with Gasteiger partial charge in [0.05, 0.1) is 29.9 Å². The molecule has 0 fully saturated rings. The summed E-state index contributed by atoms with van der Waals surface area (Å²) in [7, 11) is 0.356. The quantitative estimate of drug-likeness (QED) is 0.412. The molecule has 34 heavy (non-hydrogen) atoms. The van der Waals surface area contributed by atoms with E-state index in [0.29, 0.717) is 6.42 Å². The fraction of sp³-hybridized carbons (Fsp3) is 0.522. The van der Waals surface area contributed by atoms with Crippen LogP contribution >= 0.6 is 0 Å².